The van der Waals surface area contributed by atoms with E-state index in [0.29, 0.717) is 23.0 Å². The average molecular weight is 584 g/mol. The Morgan fingerprint density at radius 3 is 2.10 bits per heavy atom. The Hall–Kier alpha value is -4.06. The normalized spacial score (nSPS) is 12.8. The fourth-order valence-electron chi connectivity index (χ4n) is 3.77. The van der Waals surface area contributed by atoms with Crippen molar-refractivity contribution in [3.8, 4) is 5.88 Å². The van der Waals surface area contributed by atoms with Crippen LogP contribution in [0.25, 0.3) is 5.57 Å². The quantitative estimate of drug-likeness (QED) is 0.180. The first kappa shape index (κ1) is 33.1. The number of rotatable bonds is 5. The third-order valence-corrected chi connectivity index (χ3v) is 5.72. The molecule has 1 heterocycles. The maximum Gasteiger partial charge on any atom is 0.417 e. The van der Waals surface area contributed by atoms with Gasteiger partial charge >= 0.3 is 18.3 Å². The lowest BCUT2D eigenvalue weighted by atomic mass is 10.0. The predicted octanol–water partition coefficient (Wildman–Crippen LogP) is 7.90. The number of anilines is 1. The molecule has 222 valence electrons. The maximum absolute atomic E-state index is 12.5. The summed E-state index contributed by atoms with van der Waals surface area (Å²) >= 11 is 0. The van der Waals surface area contributed by atoms with Crippen LogP contribution in [0.1, 0.15) is 71.3 Å². The molecule has 0 amide bonds. The summed E-state index contributed by atoms with van der Waals surface area (Å²) in [5, 5.41) is 0. The van der Waals surface area contributed by atoms with Gasteiger partial charge in [0, 0.05) is 17.4 Å². The Morgan fingerprint density at radius 2 is 1.59 bits per heavy atom. The lowest BCUT2D eigenvalue weighted by molar-refractivity contribution is -0.138. The van der Waals surface area contributed by atoms with Gasteiger partial charge in [-0.15, -0.1) is 0 Å². The van der Waals surface area contributed by atoms with Gasteiger partial charge in [0.1, 0.15) is 6.61 Å². The van der Waals surface area contributed by atoms with Crippen LogP contribution in [-0.2, 0) is 23.8 Å². The number of aromatic nitrogens is 1. The van der Waals surface area contributed by atoms with Crippen LogP contribution in [0.4, 0.5) is 32.0 Å². The molecule has 4 rings (SSSR count). The Kier molecular flexibility index (Phi) is 11.8. The minimum Gasteiger partial charge on any atom is -0.473 e. The van der Waals surface area contributed by atoms with Crippen molar-refractivity contribution in [2.24, 2.45) is 5.90 Å². The standard InChI is InChI=1S/C15H11F6NO.C12H14N2O2.C2H6/c1-9-6-12(15(19,20)21)7-22-13(9)23-8-10-2-4-11(5-3-10)14(16,17)18;13-11-6-9(8-3-1-2-4-8)5-10(7-11)12(15)16-14;1-2/h2-7H,8H2,1H3;3,5-7H,1-2,4,13-14H2;1-2H3. The first-order valence-electron chi connectivity index (χ1n) is 12.6. The number of pyridine rings is 1. The molecule has 0 fully saturated rings. The van der Waals surface area contributed by atoms with Crippen LogP contribution in [0.15, 0.2) is 60.8 Å². The SMILES string of the molecule is CC.Cc1cc(C(F)(F)F)cnc1OCc1ccc(C(F)(F)F)cc1.NOC(=O)c1cc(N)cc(C2=CCCC2)c1. The monoisotopic (exact) mass is 583 g/mol. The molecule has 1 aliphatic rings. The molecule has 6 nitrogen and oxygen atoms in total. The summed E-state index contributed by atoms with van der Waals surface area (Å²) in [7, 11) is 0. The summed E-state index contributed by atoms with van der Waals surface area (Å²) in [5.41, 5.74) is 7.85. The van der Waals surface area contributed by atoms with Crippen LogP contribution < -0.4 is 16.4 Å². The molecule has 2 aromatic carbocycles. The van der Waals surface area contributed by atoms with Crippen LogP contribution in [0.5, 0.6) is 5.88 Å². The number of ether oxygens (including phenoxy) is 1. The Balaban J connectivity index is 0.000000285. The maximum atomic E-state index is 12.5. The minimum atomic E-state index is -4.50. The number of hydrogen-bond acceptors (Lipinski definition) is 6. The lowest BCUT2D eigenvalue weighted by Gasteiger charge is -2.12. The van der Waals surface area contributed by atoms with Gasteiger partial charge in [-0.3, -0.25) is 0 Å². The predicted molar refractivity (Wildman–Crippen MR) is 143 cm³/mol. The number of benzene rings is 2. The summed E-state index contributed by atoms with van der Waals surface area (Å²) in [6, 6.07) is 10.4. The zero-order chi connectivity index (χ0) is 30.8. The second-order valence-electron chi connectivity index (χ2n) is 8.70. The number of alkyl halides is 6. The van der Waals surface area contributed by atoms with Crippen molar-refractivity contribution in [1.29, 1.82) is 0 Å². The molecule has 0 aliphatic heterocycles. The Bertz CT molecular complexity index is 1340. The topological polar surface area (TPSA) is 100 Å². The van der Waals surface area contributed by atoms with Gasteiger partial charge in [0.15, 0.2) is 0 Å². The van der Waals surface area contributed by atoms with Crippen molar-refractivity contribution in [1.82, 2.24) is 4.98 Å². The molecule has 0 radical (unpaired) electrons. The van der Waals surface area contributed by atoms with E-state index in [-0.39, 0.29) is 18.1 Å². The van der Waals surface area contributed by atoms with Gasteiger partial charge in [-0.05, 0) is 79.3 Å². The lowest BCUT2D eigenvalue weighted by Crippen LogP contribution is -2.10. The number of allylic oxidation sites excluding steroid dienone is 2. The highest BCUT2D eigenvalue weighted by Gasteiger charge is 2.32. The molecule has 41 heavy (non-hydrogen) atoms. The second kappa shape index (κ2) is 14.5. The molecule has 12 heteroatoms. The second-order valence-corrected chi connectivity index (χ2v) is 8.70. The van der Waals surface area contributed by atoms with Crippen molar-refractivity contribution >= 4 is 17.2 Å². The fraction of sp³-hybridized carbons (Fsp3) is 0.310. The summed E-state index contributed by atoms with van der Waals surface area (Å²) < 4.78 is 80.1. The number of aryl methyl sites for hydroxylation is 1. The van der Waals surface area contributed by atoms with E-state index in [2.05, 4.69) is 15.9 Å². The number of nitrogen functional groups attached to an aromatic ring is 1. The number of halogens is 6. The Morgan fingerprint density at radius 1 is 0.951 bits per heavy atom. The zero-order valence-electron chi connectivity index (χ0n) is 22.7. The highest BCUT2D eigenvalue weighted by molar-refractivity contribution is 5.91. The van der Waals surface area contributed by atoms with Crippen LogP contribution in [0, 0.1) is 6.92 Å². The molecular formula is C29H31F6N3O3. The Labute approximate surface area is 233 Å². The van der Waals surface area contributed by atoms with Crippen LogP contribution in [-0.4, -0.2) is 11.0 Å². The first-order chi connectivity index (χ1) is 19.3. The molecule has 0 unspecified atom stereocenters. The molecule has 0 spiro atoms. The molecule has 4 N–H and O–H groups in total. The average Bonchev–Trinajstić information content (AvgIpc) is 3.48. The van der Waals surface area contributed by atoms with Crippen molar-refractivity contribution in [3.05, 3.63) is 94.2 Å². The summed E-state index contributed by atoms with van der Waals surface area (Å²) in [5.74, 6) is 4.29. The summed E-state index contributed by atoms with van der Waals surface area (Å²) in [6.07, 6.45) is -2.84. The van der Waals surface area contributed by atoms with E-state index >= 15 is 0 Å². The number of nitrogens with two attached hydrogens (primary N) is 2. The first-order valence-corrected chi connectivity index (χ1v) is 12.6. The van der Waals surface area contributed by atoms with E-state index < -0.39 is 29.4 Å². The van der Waals surface area contributed by atoms with Gasteiger partial charge in [-0.2, -0.15) is 32.2 Å². The van der Waals surface area contributed by atoms with E-state index in [0.717, 1.165) is 43.0 Å². The van der Waals surface area contributed by atoms with Gasteiger partial charge < -0.3 is 15.3 Å². The third-order valence-electron chi connectivity index (χ3n) is 5.72. The molecule has 3 aromatic rings. The highest BCUT2D eigenvalue weighted by atomic mass is 19.4. The van der Waals surface area contributed by atoms with Gasteiger partial charge in [0.25, 0.3) is 0 Å². The zero-order valence-corrected chi connectivity index (χ0v) is 22.7. The number of hydrogen-bond donors (Lipinski definition) is 2. The van der Waals surface area contributed by atoms with Gasteiger partial charge in [-0.25, -0.2) is 9.78 Å². The van der Waals surface area contributed by atoms with Crippen molar-refractivity contribution < 1.29 is 40.7 Å². The summed E-state index contributed by atoms with van der Waals surface area (Å²) in [6.45, 7) is 5.31. The van der Waals surface area contributed by atoms with Gasteiger partial charge in [0.05, 0.1) is 16.7 Å². The molecular weight excluding hydrogens is 552 g/mol. The molecule has 1 aromatic heterocycles. The smallest absolute Gasteiger partial charge is 0.417 e. The van der Waals surface area contributed by atoms with E-state index in [1.54, 1.807) is 12.1 Å². The van der Waals surface area contributed by atoms with Crippen LogP contribution in [0.2, 0.25) is 0 Å². The molecule has 0 atom stereocenters. The highest BCUT2D eigenvalue weighted by Crippen LogP contribution is 2.32. The van der Waals surface area contributed by atoms with Crippen LogP contribution >= 0.6 is 0 Å². The number of nitrogens with zero attached hydrogens (tertiary/aromatic N) is 1. The van der Waals surface area contributed by atoms with Gasteiger partial charge in [-0.1, -0.05) is 32.1 Å². The molecule has 0 saturated heterocycles. The molecule has 1 aliphatic carbocycles. The third kappa shape index (κ3) is 9.82. The largest absolute Gasteiger partial charge is 0.473 e. The summed E-state index contributed by atoms with van der Waals surface area (Å²) in [4.78, 5) is 19.1. The van der Waals surface area contributed by atoms with E-state index in [9.17, 15) is 31.1 Å². The fourth-order valence-corrected chi connectivity index (χ4v) is 3.77. The van der Waals surface area contributed by atoms with E-state index in [1.807, 2.05) is 19.9 Å². The van der Waals surface area contributed by atoms with E-state index in [1.165, 1.54) is 24.6 Å². The minimum absolute atomic E-state index is 0.00195. The van der Waals surface area contributed by atoms with Gasteiger partial charge in [0.2, 0.25) is 5.88 Å². The molecule has 0 bridgehead atoms. The van der Waals surface area contributed by atoms with Crippen molar-refractivity contribution in [2.75, 3.05) is 5.73 Å². The van der Waals surface area contributed by atoms with E-state index in [4.69, 9.17) is 16.4 Å². The number of carbonyl (C=O) groups excluding carboxylic acids is 1. The van der Waals surface area contributed by atoms with Crippen molar-refractivity contribution in [2.45, 2.75) is 59.0 Å². The number of carbonyl (C=O) groups is 1. The van der Waals surface area contributed by atoms with Crippen LogP contribution in [0.3, 0.4) is 0 Å². The molecule has 0 saturated carbocycles. The van der Waals surface area contributed by atoms with Crippen molar-refractivity contribution in [3.63, 3.8) is 0 Å².